The van der Waals surface area contributed by atoms with Gasteiger partial charge in [0.2, 0.25) is 0 Å². The van der Waals surface area contributed by atoms with E-state index in [-0.39, 0.29) is 11.8 Å². The van der Waals surface area contributed by atoms with Gasteiger partial charge in [0.1, 0.15) is 24.0 Å². The SMILES string of the molecule is CNC(COc1cc(F)cc(F)c1)C1CCCCC1. The van der Waals surface area contributed by atoms with Crippen LogP contribution in [0, 0.1) is 17.6 Å². The fourth-order valence-electron chi connectivity index (χ4n) is 2.79. The molecule has 0 amide bonds. The Labute approximate surface area is 113 Å². The van der Waals surface area contributed by atoms with Crippen LogP contribution in [0.3, 0.4) is 0 Å². The van der Waals surface area contributed by atoms with Gasteiger partial charge < -0.3 is 10.1 Å². The number of halogens is 2. The van der Waals surface area contributed by atoms with Crippen molar-refractivity contribution in [2.75, 3.05) is 13.7 Å². The lowest BCUT2D eigenvalue weighted by atomic mass is 9.84. The van der Waals surface area contributed by atoms with Gasteiger partial charge in [-0.25, -0.2) is 8.78 Å². The van der Waals surface area contributed by atoms with E-state index >= 15 is 0 Å². The molecule has 1 aromatic carbocycles. The third-order valence-corrected chi connectivity index (χ3v) is 3.86. The first kappa shape index (κ1) is 14.3. The fourth-order valence-corrected chi connectivity index (χ4v) is 2.79. The molecule has 0 heterocycles. The normalized spacial score (nSPS) is 18.3. The van der Waals surface area contributed by atoms with E-state index in [9.17, 15) is 8.78 Å². The lowest BCUT2D eigenvalue weighted by molar-refractivity contribution is 0.191. The topological polar surface area (TPSA) is 21.3 Å². The van der Waals surface area contributed by atoms with Gasteiger partial charge in [0.15, 0.2) is 0 Å². The molecule has 1 atom stereocenters. The van der Waals surface area contributed by atoms with Crippen LogP contribution < -0.4 is 10.1 Å². The predicted octanol–water partition coefficient (Wildman–Crippen LogP) is 3.51. The second kappa shape index (κ2) is 6.85. The van der Waals surface area contributed by atoms with Gasteiger partial charge in [-0.05, 0) is 25.8 Å². The summed E-state index contributed by atoms with van der Waals surface area (Å²) in [6.45, 7) is 0.448. The molecule has 1 N–H and O–H groups in total. The third-order valence-electron chi connectivity index (χ3n) is 3.86. The van der Waals surface area contributed by atoms with Crippen molar-refractivity contribution in [3.8, 4) is 5.75 Å². The van der Waals surface area contributed by atoms with E-state index in [1.807, 2.05) is 7.05 Å². The molecule has 0 radical (unpaired) electrons. The minimum Gasteiger partial charge on any atom is -0.492 e. The van der Waals surface area contributed by atoms with Gasteiger partial charge in [-0.1, -0.05) is 19.3 Å². The Bertz CT molecular complexity index is 385. The van der Waals surface area contributed by atoms with E-state index in [1.54, 1.807) is 0 Å². The zero-order valence-corrected chi connectivity index (χ0v) is 11.3. The van der Waals surface area contributed by atoms with Crippen LogP contribution in [0.2, 0.25) is 0 Å². The van der Waals surface area contributed by atoms with Gasteiger partial charge in [0.25, 0.3) is 0 Å². The van der Waals surface area contributed by atoms with Gasteiger partial charge in [-0.3, -0.25) is 0 Å². The average molecular weight is 269 g/mol. The fraction of sp³-hybridized carbons (Fsp3) is 0.600. The third kappa shape index (κ3) is 4.16. The van der Waals surface area contributed by atoms with Crippen molar-refractivity contribution in [1.82, 2.24) is 5.32 Å². The van der Waals surface area contributed by atoms with Crippen LogP contribution in [0.4, 0.5) is 8.78 Å². The standard InChI is InChI=1S/C15H21F2NO/c1-18-15(11-5-3-2-4-6-11)10-19-14-8-12(16)7-13(17)9-14/h7-9,11,15,18H,2-6,10H2,1H3. The highest BCUT2D eigenvalue weighted by molar-refractivity contribution is 5.23. The molecule has 1 saturated carbocycles. The highest BCUT2D eigenvalue weighted by atomic mass is 19.1. The summed E-state index contributed by atoms with van der Waals surface area (Å²) in [7, 11) is 1.91. The van der Waals surface area contributed by atoms with Gasteiger partial charge in [-0.15, -0.1) is 0 Å². The van der Waals surface area contributed by atoms with E-state index < -0.39 is 11.6 Å². The molecule has 0 aliphatic heterocycles. The zero-order valence-electron chi connectivity index (χ0n) is 11.3. The number of hydrogen-bond donors (Lipinski definition) is 1. The monoisotopic (exact) mass is 269 g/mol. The van der Waals surface area contributed by atoms with Crippen molar-refractivity contribution in [3.05, 3.63) is 29.8 Å². The molecule has 1 aromatic rings. The van der Waals surface area contributed by atoms with E-state index in [2.05, 4.69) is 5.32 Å². The second-order valence-corrected chi connectivity index (χ2v) is 5.21. The second-order valence-electron chi connectivity index (χ2n) is 5.21. The van der Waals surface area contributed by atoms with Crippen molar-refractivity contribution in [2.45, 2.75) is 38.1 Å². The maximum Gasteiger partial charge on any atom is 0.129 e. The van der Waals surface area contributed by atoms with Gasteiger partial charge in [0.05, 0.1) is 0 Å². The van der Waals surface area contributed by atoms with Crippen molar-refractivity contribution in [2.24, 2.45) is 5.92 Å². The van der Waals surface area contributed by atoms with E-state index in [0.29, 0.717) is 12.5 Å². The zero-order chi connectivity index (χ0) is 13.7. The minimum atomic E-state index is -0.603. The Morgan fingerprint density at radius 1 is 1.16 bits per heavy atom. The van der Waals surface area contributed by atoms with Gasteiger partial charge >= 0.3 is 0 Å². The lowest BCUT2D eigenvalue weighted by Crippen LogP contribution is -2.39. The smallest absolute Gasteiger partial charge is 0.129 e. The van der Waals surface area contributed by atoms with Crippen LogP contribution in [-0.2, 0) is 0 Å². The summed E-state index contributed by atoms with van der Waals surface area (Å²) in [6, 6.07) is 3.53. The van der Waals surface area contributed by atoms with Crippen LogP contribution in [0.25, 0.3) is 0 Å². The molecular weight excluding hydrogens is 248 g/mol. The van der Waals surface area contributed by atoms with E-state index in [0.717, 1.165) is 6.07 Å². The molecule has 1 aliphatic carbocycles. The number of hydrogen-bond acceptors (Lipinski definition) is 2. The maximum absolute atomic E-state index is 13.1. The highest BCUT2D eigenvalue weighted by Gasteiger charge is 2.22. The summed E-state index contributed by atoms with van der Waals surface area (Å²) < 4.78 is 31.6. The molecule has 2 nitrogen and oxygen atoms in total. The van der Waals surface area contributed by atoms with Crippen molar-refractivity contribution >= 4 is 0 Å². The summed E-state index contributed by atoms with van der Waals surface area (Å²) >= 11 is 0. The molecule has 19 heavy (non-hydrogen) atoms. The number of benzene rings is 1. The number of rotatable bonds is 5. The van der Waals surface area contributed by atoms with Crippen LogP contribution >= 0.6 is 0 Å². The van der Waals surface area contributed by atoms with Gasteiger partial charge in [0, 0.05) is 24.2 Å². The van der Waals surface area contributed by atoms with Crippen molar-refractivity contribution in [1.29, 1.82) is 0 Å². The average Bonchev–Trinajstić information content (AvgIpc) is 2.39. The molecule has 0 bridgehead atoms. The Morgan fingerprint density at radius 2 is 1.79 bits per heavy atom. The molecule has 106 valence electrons. The van der Waals surface area contributed by atoms with Crippen molar-refractivity contribution in [3.63, 3.8) is 0 Å². The maximum atomic E-state index is 13.1. The molecule has 0 spiro atoms. The first-order chi connectivity index (χ1) is 9.19. The number of nitrogens with one attached hydrogen (secondary N) is 1. The highest BCUT2D eigenvalue weighted by Crippen LogP contribution is 2.27. The molecular formula is C15H21F2NO. The molecule has 1 unspecified atom stereocenters. The van der Waals surface area contributed by atoms with E-state index in [1.165, 1.54) is 44.2 Å². The summed E-state index contributed by atoms with van der Waals surface area (Å²) in [5, 5.41) is 3.26. The summed E-state index contributed by atoms with van der Waals surface area (Å²) in [6.07, 6.45) is 6.23. The first-order valence-electron chi connectivity index (χ1n) is 6.95. The Kier molecular flexibility index (Phi) is 5.14. The molecule has 1 fully saturated rings. The van der Waals surface area contributed by atoms with Crippen LogP contribution in [0.15, 0.2) is 18.2 Å². The Balaban J connectivity index is 1.91. The molecule has 4 heteroatoms. The molecule has 0 aromatic heterocycles. The van der Waals surface area contributed by atoms with Crippen LogP contribution in [0.1, 0.15) is 32.1 Å². The minimum absolute atomic E-state index is 0.242. The molecule has 0 saturated heterocycles. The summed E-state index contributed by atoms with van der Waals surface area (Å²) in [5.41, 5.74) is 0. The summed E-state index contributed by atoms with van der Waals surface area (Å²) in [5.74, 6) is -0.354. The van der Waals surface area contributed by atoms with Crippen LogP contribution in [-0.4, -0.2) is 19.7 Å². The van der Waals surface area contributed by atoms with Gasteiger partial charge in [-0.2, -0.15) is 0 Å². The quantitative estimate of drug-likeness (QED) is 0.883. The molecule has 1 aliphatic rings. The number of ether oxygens (including phenoxy) is 1. The first-order valence-corrected chi connectivity index (χ1v) is 6.95. The largest absolute Gasteiger partial charge is 0.492 e. The predicted molar refractivity (Wildman–Crippen MR) is 71.3 cm³/mol. The van der Waals surface area contributed by atoms with E-state index in [4.69, 9.17) is 4.74 Å². The summed E-state index contributed by atoms with van der Waals surface area (Å²) in [4.78, 5) is 0. The lowest BCUT2D eigenvalue weighted by Gasteiger charge is -2.29. The number of likely N-dealkylation sites (N-methyl/N-ethyl adjacent to an activating group) is 1. The Morgan fingerprint density at radius 3 is 2.37 bits per heavy atom. The van der Waals surface area contributed by atoms with Crippen LogP contribution in [0.5, 0.6) is 5.75 Å². The van der Waals surface area contributed by atoms with Crippen molar-refractivity contribution < 1.29 is 13.5 Å². The Hall–Kier alpha value is -1.16. The molecule has 2 rings (SSSR count).